The molecule has 0 N–H and O–H groups in total. The van der Waals surface area contributed by atoms with Gasteiger partial charge in [0.05, 0.1) is 18.3 Å². The molecule has 2 heterocycles. The fourth-order valence-corrected chi connectivity index (χ4v) is 3.83. The summed E-state index contributed by atoms with van der Waals surface area (Å²) in [6, 6.07) is 0. The van der Waals surface area contributed by atoms with Crippen molar-refractivity contribution < 1.29 is 49.0 Å². The molecule has 0 aromatic rings. The summed E-state index contributed by atoms with van der Waals surface area (Å²) in [4.78, 5) is 1.57. The van der Waals surface area contributed by atoms with E-state index in [1.54, 1.807) is 25.7 Å². The van der Waals surface area contributed by atoms with E-state index < -0.39 is 54.3 Å². The fourth-order valence-electron chi connectivity index (χ4n) is 3.83. The van der Waals surface area contributed by atoms with E-state index in [2.05, 4.69) is 4.74 Å². The monoisotopic (exact) mass is 431 g/mol. The molecule has 0 unspecified atom stereocenters. The van der Waals surface area contributed by atoms with Gasteiger partial charge in [-0.05, 0) is 46.6 Å². The Bertz CT molecular complexity index is 528. The number of rotatable bonds is 4. The van der Waals surface area contributed by atoms with Crippen LogP contribution in [0, 0.1) is 0 Å². The molecular weight excluding hydrogens is 409 g/mol. The van der Waals surface area contributed by atoms with Crippen LogP contribution in [0.5, 0.6) is 0 Å². The van der Waals surface area contributed by atoms with Gasteiger partial charge in [-0.3, -0.25) is 4.90 Å². The molecule has 166 valence electrons. The molecule has 0 bridgehead atoms. The molecule has 0 amide bonds. The number of nitrogens with zero attached hydrogens (tertiary/aromatic N) is 1. The SMILES string of the molecule is CC(C)(C)OC[C@]12CCCN1C[C@@H](OC(C(F)(F)F)(C(F)(F)F)C(F)(F)F)C2. The number of alkyl halides is 9. The lowest BCUT2D eigenvalue weighted by atomic mass is 9.93. The van der Waals surface area contributed by atoms with Gasteiger partial charge in [0.25, 0.3) is 0 Å². The van der Waals surface area contributed by atoms with Crippen LogP contribution in [0.1, 0.15) is 40.0 Å². The van der Waals surface area contributed by atoms with Crippen LogP contribution in [0.2, 0.25) is 0 Å². The van der Waals surface area contributed by atoms with E-state index in [0.717, 1.165) is 0 Å². The summed E-state index contributed by atoms with van der Waals surface area (Å²) in [5.74, 6) is 0. The minimum atomic E-state index is -6.72. The third-order valence-electron chi connectivity index (χ3n) is 5.09. The molecule has 12 heteroatoms. The standard InChI is InChI=1S/C16H22F9NO2/c1-11(2,3)27-9-12-5-4-6-26(12)8-10(7-12)28-13(14(17,18)19,15(20,21)22)16(23,24)25/h10H,4-9H2,1-3H3/t10-,12+/m0/s1. The van der Waals surface area contributed by atoms with Crippen LogP contribution < -0.4 is 0 Å². The van der Waals surface area contributed by atoms with Crippen LogP contribution in [0.4, 0.5) is 39.5 Å². The highest BCUT2D eigenvalue weighted by atomic mass is 19.4. The van der Waals surface area contributed by atoms with E-state index in [-0.39, 0.29) is 6.61 Å². The molecule has 28 heavy (non-hydrogen) atoms. The highest BCUT2D eigenvalue weighted by Gasteiger charge is 2.86. The smallest absolute Gasteiger partial charge is 0.374 e. The van der Waals surface area contributed by atoms with E-state index in [1.165, 1.54) is 0 Å². The molecule has 2 aliphatic heterocycles. The zero-order valence-corrected chi connectivity index (χ0v) is 15.5. The van der Waals surface area contributed by atoms with Gasteiger partial charge in [-0.25, -0.2) is 0 Å². The van der Waals surface area contributed by atoms with Gasteiger partial charge in [0, 0.05) is 12.1 Å². The van der Waals surface area contributed by atoms with Crippen LogP contribution in [0.3, 0.4) is 0 Å². The van der Waals surface area contributed by atoms with E-state index in [0.29, 0.717) is 19.4 Å². The first kappa shape index (κ1) is 23.5. The number of hydrogen-bond donors (Lipinski definition) is 0. The van der Waals surface area contributed by atoms with Crippen LogP contribution in [0.15, 0.2) is 0 Å². The normalized spacial score (nSPS) is 28.1. The van der Waals surface area contributed by atoms with Gasteiger partial charge in [-0.15, -0.1) is 0 Å². The molecule has 2 fully saturated rings. The molecule has 0 radical (unpaired) electrons. The minimum Gasteiger partial charge on any atom is -0.374 e. The molecule has 2 atom stereocenters. The fraction of sp³-hybridized carbons (Fsp3) is 1.00. The molecule has 0 aliphatic carbocycles. The van der Waals surface area contributed by atoms with E-state index in [4.69, 9.17) is 4.74 Å². The molecule has 2 rings (SSSR count). The molecule has 0 spiro atoms. The van der Waals surface area contributed by atoms with Crippen molar-refractivity contribution in [3.63, 3.8) is 0 Å². The summed E-state index contributed by atoms with van der Waals surface area (Å²) < 4.78 is 128. The first-order valence-corrected chi connectivity index (χ1v) is 8.62. The summed E-state index contributed by atoms with van der Waals surface area (Å²) in [5.41, 5.74) is -7.80. The Hall–Kier alpha value is -0.750. The second-order valence-corrected chi connectivity index (χ2v) is 8.29. The molecule has 0 aromatic carbocycles. The van der Waals surface area contributed by atoms with E-state index in [1.807, 2.05) is 0 Å². The Kier molecular flexibility index (Phi) is 5.80. The predicted molar refractivity (Wildman–Crippen MR) is 79.6 cm³/mol. The van der Waals surface area contributed by atoms with Crippen LogP contribution in [-0.2, 0) is 9.47 Å². The summed E-state index contributed by atoms with van der Waals surface area (Å²) in [6.45, 7) is 5.00. The third-order valence-corrected chi connectivity index (χ3v) is 5.09. The number of fused-ring (bicyclic) bond motifs is 1. The number of halogens is 9. The second kappa shape index (κ2) is 6.90. The van der Waals surface area contributed by atoms with Crippen molar-refractivity contribution in [3.05, 3.63) is 0 Å². The van der Waals surface area contributed by atoms with Gasteiger partial charge in [0.15, 0.2) is 0 Å². The topological polar surface area (TPSA) is 21.7 Å². The zero-order valence-electron chi connectivity index (χ0n) is 15.5. The van der Waals surface area contributed by atoms with Gasteiger partial charge in [-0.2, -0.15) is 39.5 Å². The third kappa shape index (κ3) is 4.09. The first-order valence-electron chi connectivity index (χ1n) is 8.62. The highest BCUT2D eigenvalue weighted by Crippen LogP contribution is 2.56. The summed E-state index contributed by atoms with van der Waals surface area (Å²) in [5, 5.41) is 0. The quantitative estimate of drug-likeness (QED) is 0.594. The largest absolute Gasteiger partial charge is 0.435 e. The van der Waals surface area contributed by atoms with Crippen molar-refractivity contribution in [2.75, 3.05) is 19.7 Å². The Balaban J connectivity index is 2.32. The van der Waals surface area contributed by atoms with Gasteiger partial charge >= 0.3 is 24.1 Å². The molecule has 2 saturated heterocycles. The maximum absolute atomic E-state index is 13.1. The Morgan fingerprint density at radius 2 is 1.39 bits per heavy atom. The summed E-state index contributed by atoms with van der Waals surface area (Å²) in [6.07, 6.45) is -21.5. The van der Waals surface area contributed by atoms with Crippen molar-refractivity contribution in [1.29, 1.82) is 0 Å². The zero-order chi connectivity index (χ0) is 21.8. The molecular formula is C16H22F9NO2. The van der Waals surface area contributed by atoms with Gasteiger partial charge in [0.1, 0.15) is 0 Å². The average molecular weight is 431 g/mol. The summed E-state index contributed by atoms with van der Waals surface area (Å²) in [7, 11) is 0. The number of hydrogen-bond acceptors (Lipinski definition) is 3. The summed E-state index contributed by atoms with van der Waals surface area (Å²) >= 11 is 0. The minimum absolute atomic E-state index is 0.0204. The lowest BCUT2D eigenvalue weighted by molar-refractivity contribution is -0.463. The van der Waals surface area contributed by atoms with Gasteiger partial charge in [0.2, 0.25) is 0 Å². The predicted octanol–water partition coefficient (Wildman–Crippen LogP) is 4.85. The van der Waals surface area contributed by atoms with Crippen LogP contribution in [0.25, 0.3) is 0 Å². The maximum Gasteiger partial charge on any atom is 0.435 e. The molecule has 2 aliphatic rings. The van der Waals surface area contributed by atoms with Gasteiger partial charge in [-0.1, -0.05) is 0 Å². The van der Waals surface area contributed by atoms with Crippen molar-refractivity contribution in [3.8, 4) is 0 Å². The van der Waals surface area contributed by atoms with Crippen LogP contribution >= 0.6 is 0 Å². The molecule has 3 nitrogen and oxygen atoms in total. The maximum atomic E-state index is 13.1. The van der Waals surface area contributed by atoms with Gasteiger partial charge < -0.3 is 9.47 Å². The lowest BCUT2D eigenvalue weighted by Crippen LogP contribution is -2.68. The Morgan fingerprint density at radius 1 is 0.893 bits per heavy atom. The highest BCUT2D eigenvalue weighted by molar-refractivity contribution is 5.08. The molecule has 0 saturated carbocycles. The van der Waals surface area contributed by atoms with Crippen LogP contribution in [-0.4, -0.2) is 66.0 Å². The van der Waals surface area contributed by atoms with Crippen molar-refractivity contribution in [2.24, 2.45) is 0 Å². The Morgan fingerprint density at radius 3 is 1.82 bits per heavy atom. The molecule has 0 aromatic heterocycles. The lowest BCUT2D eigenvalue weighted by Gasteiger charge is -2.40. The number of ether oxygens (including phenoxy) is 2. The van der Waals surface area contributed by atoms with E-state index >= 15 is 0 Å². The van der Waals surface area contributed by atoms with E-state index in [9.17, 15) is 39.5 Å². The average Bonchev–Trinajstić information content (AvgIpc) is 2.94. The first-order chi connectivity index (χ1) is 12.3. The van der Waals surface area contributed by atoms with Crippen molar-refractivity contribution >= 4 is 0 Å². The van der Waals surface area contributed by atoms with Crippen molar-refractivity contribution in [1.82, 2.24) is 4.90 Å². The van der Waals surface area contributed by atoms with Crippen molar-refractivity contribution in [2.45, 2.75) is 81.4 Å². The Labute approximate surface area is 156 Å². The second-order valence-electron chi connectivity index (χ2n) is 8.29.